The van der Waals surface area contributed by atoms with Crippen LogP contribution in [0, 0.1) is 11.8 Å². The monoisotopic (exact) mass is 967 g/mol. The third-order valence-corrected chi connectivity index (χ3v) is 12.1. The van der Waals surface area contributed by atoms with Crippen molar-refractivity contribution in [3.63, 3.8) is 0 Å². The SMILES string of the molecule is CC[C@@H](CO)NC(=O)C1[C@@H]2CC(O[C@@H]3OC[C@@H](O)[C@H](N)[C@@H]3O)/C=C/C=C/C=C/C=C/C=C/C=C/C=C/[C@H](C)[C@@H](O)C[C@H](C)OC(=O)CC(O)CC(O)CC[C@@H](O)C(O)CC(O)CC(O)(C[C@@H]1O)O2. The number of nitrogens with one attached hydrogen (secondary N) is 1. The fraction of sp³-hybridized carbons (Fsp3) is 0.673. The summed E-state index contributed by atoms with van der Waals surface area (Å²) in [5.41, 5.74) is 6.00. The van der Waals surface area contributed by atoms with Crippen LogP contribution in [0.3, 0.4) is 0 Å². The first kappa shape index (κ1) is 58.8. The van der Waals surface area contributed by atoms with Crippen LogP contribution in [0.5, 0.6) is 0 Å². The van der Waals surface area contributed by atoms with Gasteiger partial charge in [0.05, 0.1) is 98.7 Å². The summed E-state index contributed by atoms with van der Waals surface area (Å²) in [7, 11) is 0. The fourth-order valence-electron chi connectivity index (χ4n) is 8.08. The number of fused-ring (bicyclic) bond motifs is 2. The highest BCUT2D eigenvalue weighted by Gasteiger charge is 2.50. The number of aliphatic hydroxyl groups excluding tert-OH is 10. The van der Waals surface area contributed by atoms with Crippen LogP contribution in [-0.2, 0) is 28.5 Å². The van der Waals surface area contributed by atoms with E-state index in [0.717, 1.165) is 0 Å². The van der Waals surface area contributed by atoms with E-state index in [-0.39, 0.29) is 44.6 Å². The second-order valence-corrected chi connectivity index (χ2v) is 18.2. The number of nitrogens with two attached hydrogens (primary N) is 1. The molecule has 386 valence electrons. The van der Waals surface area contributed by atoms with Crippen molar-refractivity contribution in [1.29, 1.82) is 0 Å². The Kier molecular flexibility index (Phi) is 26.2. The van der Waals surface area contributed by atoms with E-state index in [1.807, 2.05) is 31.2 Å². The van der Waals surface area contributed by atoms with Gasteiger partial charge in [0.1, 0.15) is 12.2 Å². The molecule has 0 aromatic carbocycles. The maximum Gasteiger partial charge on any atom is 0.308 e. The molecule has 0 aliphatic carbocycles. The lowest BCUT2D eigenvalue weighted by Gasteiger charge is -2.46. The summed E-state index contributed by atoms with van der Waals surface area (Å²) < 4.78 is 23.2. The Hall–Kier alpha value is -3.48. The lowest BCUT2D eigenvalue weighted by Crippen LogP contribution is -2.60. The first-order chi connectivity index (χ1) is 32.2. The maximum atomic E-state index is 13.8. The molecule has 2 saturated heterocycles. The molecule has 0 saturated carbocycles. The van der Waals surface area contributed by atoms with E-state index < -0.39 is 147 Å². The Balaban J connectivity index is 1.91. The lowest BCUT2D eigenvalue weighted by molar-refractivity contribution is -0.304. The topological polar surface area (TPSA) is 332 Å². The molecular weight excluding hydrogens is 889 g/mol. The molecule has 68 heavy (non-hydrogen) atoms. The first-order valence-corrected chi connectivity index (χ1v) is 23.6. The number of carbonyl (C=O) groups is 2. The Morgan fingerprint density at radius 1 is 0.750 bits per heavy atom. The number of esters is 1. The van der Waals surface area contributed by atoms with Crippen LogP contribution >= 0.6 is 0 Å². The number of amides is 1. The van der Waals surface area contributed by atoms with Gasteiger partial charge < -0.3 is 86.2 Å². The molecule has 19 heteroatoms. The van der Waals surface area contributed by atoms with Crippen molar-refractivity contribution in [3.8, 4) is 0 Å². The van der Waals surface area contributed by atoms with Gasteiger partial charge in [-0.15, -0.1) is 0 Å². The molecule has 19 nitrogen and oxygen atoms in total. The van der Waals surface area contributed by atoms with E-state index in [1.54, 1.807) is 74.6 Å². The molecule has 0 aromatic rings. The summed E-state index contributed by atoms with van der Waals surface area (Å²) in [5.74, 6) is -5.34. The van der Waals surface area contributed by atoms with Gasteiger partial charge in [-0.25, -0.2) is 0 Å². The zero-order valence-electron chi connectivity index (χ0n) is 39.3. The molecule has 3 rings (SSSR count). The number of hydrogen-bond donors (Lipinski definition) is 13. The van der Waals surface area contributed by atoms with Gasteiger partial charge in [0.15, 0.2) is 12.1 Å². The van der Waals surface area contributed by atoms with Crippen molar-refractivity contribution in [2.24, 2.45) is 17.6 Å². The summed E-state index contributed by atoms with van der Waals surface area (Å²) in [4.78, 5) is 26.3. The molecule has 3 heterocycles. The standard InChI is InChI=1S/C49H78N2O17/c1-4-32(28-52)51-47(63)44-40(59)27-49(64)26-35(55)23-39(58)37(56)20-19-33(53)22-34(54)24-43(61)66-31(3)21-38(57)30(2)17-15-13-11-9-7-5-6-8-10-12-14-16-18-36(25-42(44)68-49)67-48-46(62)45(50)41(60)29-65-48/h5-18,30-42,44-46,48,52-60,62,64H,4,19-29,50H2,1-3H3,(H,51,63)/b6-5+,9-7+,10-8+,13-11+,14-12+,17-15+,18-16+/t30-,31-,32-,33?,34?,35?,36?,37+,38-,39?,40-,41+,42-,44?,45-,46-,48-,49?/m0/s1. The van der Waals surface area contributed by atoms with E-state index >= 15 is 0 Å². The van der Waals surface area contributed by atoms with Crippen molar-refractivity contribution in [3.05, 3.63) is 85.1 Å². The van der Waals surface area contributed by atoms with Gasteiger partial charge in [-0.05, 0) is 32.6 Å². The van der Waals surface area contributed by atoms with E-state index in [1.165, 1.54) is 0 Å². The van der Waals surface area contributed by atoms with Gasteiger partial charge in [0.2, 0.25) is 5.91 Å². The van der Waals surface area contributed by atoms with Gasteiger partial charge in [0.25, 0.3) is 0 Å². The van der Waals surface area contributed by atoms with Crippen molar-refractivity contribution >= 4 is 11.9 Å². The highest BCUT2D eigenvalue weighted by Crippen LogP contribution is 2.38. The Labute approximate surface area is 399 Å². The Morgan fingerprint density at radius 2 is 1.35 bits per heavy atom. The van der Waals surface area contributed by atoms with Gasteiger partial charge >= 0.3 is 5.97 Å². The normalized spacial score (nSPS) is 42.2. The minimum Gasteiger partial charge on any atom is -0.462 e. The third-order valence-electron chi connectivity index (χ3n) is 12.1. The Morgan fingerprint density at radius 3 is 1.96 bits per heavy atom. The first-order valence-electron chi connectivity index (χ1n) is 23.6. The Bertz CT molecular complexity index is 1700. The number of carbonyl (C=O) groups excluding carboxylic acids is 2. The maximum absolute atomic E-state index is 13.8. The number of cyclic esters (lactones) is 1. The van der Waals surface area contributed by atoms with Crippen molar-refractivity contribution < 1.29 is 84.7 Å². The molecule has 2 fully saturated rings. The van der Waals surface area contributed by atoms with Gasteiger partial charge in [-0.2, -0.15) is 0 Å². The molecule has 1 amide bonds. The van der Waals surface area contributed by atoms with Crippen LogP contribution in [0.1, 0.15) is 85.0 Å². The zero-order chi connectivity index (χ0) is 50.4. The number of ether oxygens (including phenoxy) is 4. The van der Waals surface area contributed by atoms with Crippen LogP contribution in [0.4, 0.5) is 0 Å². The minimum atomic E-state index is -2.30. The smallest absolute Gasteiger partial charge is 0.308 e. The third kappa shape index (κ3) is 20.9. The largest absolute Gasteiger partial charge is 0.462 e. The summed E-state index contributed by atoms with van der Waals surface area (Å²) in [6, 6.07) is -1.80. The van der Waals surface area contributed by atoms with Gasteiger partial charge in [-0.1, -0.05) is 98.9 Å². The molecule has 14 N–H and O–H groups in total. The minimum absolute atomic E-state index is 0.101. The second-order valence-electron chi connectivity index (χ2n) is 18.2. The number of rotatable bonds is 6. The lowest BCUT2D eigenvalue weighted by atomic mass is 9.82. The number of aliphatic hydroxyl groups is 11. The van der Waals surface area contributed by atoms with E-state index in [4.69, 9.17) is 24.7 Å². The molecule has 2 bridgehead atoms. The molecule has 18 atom stereocenters. The predicted molar refractivity (Wildman–Crippen MR) is 250 cm³/mol. The number of hydrogen-bond acceptors (Lipinski definition) is 18. The quantitative estimate of drug-likeness (QED) is 0.154. The average Bonchev–Trinajstić information content (AvgIpc) is 3.26. The molecule has 0 aromatic heterocycles. The van der Waals surface area contributed by atoms with Crippen LogP contribution < -0.4 is 11.1 Å². The molecule has 7 unspecified atom stereocenters. The van der Waals surface area contributed by atoms with Gasteiger partial charge in [0, 0.05) is 38.0 Å². The van der Waals surface area contributed by atoms with E-state index in [9.17, 15) is 65.8 Å². The highest BCUT2D eigenvalue weighted by molar-refractivity contribution is 5.80. The number of allylic oxidation sites excluding steroid dienone is 12. The van der Waals surface area contributed by atoms with Crippen LogP contribution in [0.2, 0.25) is 0 Å². The molecule has 3 aliphatic heterocycles. The molecular formula is C49H78N2O17. The molecule has 0 radical (unpaired) electrons. The van der Waals surface area contributed by atoms with E-state index in [0.29, 0.717) is 6.42 Å². The highest BCUT2D eigenvalue weighted by atomic mass is 16.7. The summed E-state index contributed by atoms with van der Waals surface area (Å²) >= 11 is 0. The summed E-state index contributed by atoms with van der Waals surface area (Å²) in [5, 5.41) is 121. The van der Waals surface area contributed by atoms with Crippen LogP contribution in [-0.4, -0.2) is 179 Å². The summed E-state index contributed by atoms with van der Waals surface area (Å²) in [6.45, 7) is 4.53. The molecule has 3 aliphatic rings. The fourth-order valence-corrected chi connectivity index (χ4v) is 8.08. The van der Waals surface area contributed by atoms with Crippen molar-refractivity contribution in [2.75, 3.05) is 13.2 Å². The van der Waals surface area contributed by atoms with Gasteiger partial charge in [-0.3, -0.25) is 9.59 Å². The average molecular weight is 967 g/mol. The van der Waals surface area contributed by atoms with Crippen LogP contribution in [0.25, 0.3) is 0 Å². The molecule has 0 spiro atoms. The van der Waals surface area contributed by atoms with Crippen LogP contribution in [0.15, 0.2) is 85.1 Å². The van der Waals surface area contributed by atoms with Crippen molar-refractivity contribution in [1.82, 2.24) is 5.32 Å². The second kappa shape index (κ2) is 30.3. The predicted octanol–water partition coefficient (Wildman–Crippen LogP) is -0.120. The van der Waals surface area contributed by atoms with E-state index in [2.05, 4.69) is 5.32 Å². The van der Waals surface area contributed by atoms with Crippen molar-refractivity contribution in [2.45, 2.75) is 182 Å². The zero-order valence-corrected chi connectivity index (χ0v) is 39.3. The summed E-state index contributed by atoms with van der Waals surface area (Å²) in [6.07, 6.45) is 5.64.